The average molecular weight is 337 g/mol. The third kappa shape index (κ3) is 6.82. The van der Waals surface area contributed by atoms with Gasteiger partial charge < -0.3 is 14.9 Å². The van der Waals surface area contributed by atoms with Crippen LogP contribution in [0.1, 0.15) is 72.6 Å². The first-order valence-corrected chi connectivity index (χ1v) is 9.24. The lowest BCUT2D eigenvalue weighted by Crippen LogP contribution is -2.41. The number of rotatable bonds is 8. The van der Waals surface area contributed by atoms with Crippen LogP contribution in [0.2, 0.25) is 0 Å². The van der Waals surface area contributed by atoms with E-state index >= 15 is 0 Å². The first-order chi connectivity index (χ1) is 11.3. The maximum atomic E-state index is 10.7. The summed E-state index contributed by atoms with van der Waals surface area (Å²) in [6.07, 6.45) is 10.1. The fourth-order valence-electron chi connectivity index (χ4n) is 3.34. The highest BCUT2D eigenvalue weighted by molar-refractivity contribution is 5.03. The van der Waals surface area contributed by atoms with E-state index in [2.05, 4.69) is 26.5 Å². The molecule has 0 radical (unpaired) electrons. The zero-order valence-corrected chi connectivity index (χ0v) is 16.0. The van der Waals surface area contributed by atoms with Crippen LogP contribution in [-0.2, 0) is 4.74 Å². The third-order valence-electron chi connectivity index (χ3n) is 5.07. The Morgan fingerprint density at radius 1 is 1.38 bits per heavy atom. The number of hydrogen-bond donors (Lipinski definition) is 2. The molecule has 0 aromatic carbocycles. The molecule has 0 spiro atoms. The lowest BCUT2D eigenvalue weighted by molar-refractivity contribution is -0.0894. The number of allylic oxidation sites excluding steroid dienone is 4. The Kier molecular flexibility index (Phi) is 8.79. The van der Waals surface area contributed by atoms with Crippen molar-refractivity contribution >= 4 is 0 Å². The van der Waals surface area contributed by atoms with Gasteiger partial charge in [0.2, 0.25) is 0 Å². The van der Waals surface area contributed by atoms with Gasteiger partial charge in [0.1, 0.15) is 5.60 Å². The number of ether oxygens (including phenoxy) is 1. The monoisotopic (exact) mass is 336 g/mol. The average Bonchev–Trinajstić information content (AvgIpc) is 2.64. The van der Waals surface area contributed by atoms with Crippen LogP contribution in [0.25, 0.3) is 0 Å². The van der Waals surface area contributed by atoms with Gasteiger partial charge in [0.05, 0.1) is 18.5 Å². The molecular formula is C21H36O3. The summed E-state index contributed by atoms with van der Waals surface area (Å²) in [5, 5.41) is 19.6. The highest BCUT2D eigenvalue weighted by atomic mass is 16.5. The standard InChI is InChI=1S/C21H36O3/c1-16(2)8-6-9-19-10-7-14-21(5,24-18(19)4)20(23)12-11-17(3)13-15-22/h8,13,19-20,22-23H,4,6-7,9-12,14-15H2,1-3,5H3/b17-13-/t19-,20+,21+/m0/s1. The molecule has 24 heavy (non-hydrogen) atoms. The molecule has 0 bridgehead atoms. The molecule has 0 aliphatic carbocycles. The summed E-state index contributed by atoms with van der Waals surface area (Å²) in [4.78, 5) is 0. The van der Waals surface area contributed by atoms with Gasteiger partial charge in [0.25, 0.3) is 0 Å². The summed E-state index contributed by atoms with van der Waals surface area (Å²) in [6, 6.07) is 0. The topological polar surface area (TPSA) is 49.7 Å². The van der Waals surface area contributed by atoms with E-state index in [-0.39, 0.29) is 6.61 Å². The number of aliphatic hydroxyl groups excluding tert-OH is 2. The molecule has 0 aromatic rings. The van der Waals surface area contributed by atoms with Crippen molar-refractivity contribution in [3.05, 3.63) is 35.6 Å². The summed E-state index contributed by atoms with van der Waals surface area (Å²) in [5.41, 5.74) is 1.90. The van der Waals surface area contributed by atoms with Gasteiger partial charge in [-0.15, -0.1) is 0 Å². The van der Waals surface area contributed by atoms with Gasteiger partial charge in [-0.3, -0.25) is 0 Å². The SMILES string of the molecule is C=C1O[C@@](C)([C@H](O)CC/C(C)=C\CO)CCC[C@@H]1CCC=C(C)C. The lowest BCUT2D eigenvalue weighted by Gasteiger charge is -2.35. The van der Waals surface area contributed by atoms with Crippen molar-refractivity contribution in [1.29, 1.82) is 0 Å². The molecule has 138 valence electrons. The highest BCUT2D eigenvalue weighted by Crippen LogP contribution is 2.37. The van der Waals surface area contributed by atoms with Gasteiger partial charge in [-0.25, -0.2) is 0 Å². The zero-order chi connectivity index (χ0) is 18.2. The van der Waals surface area contributed by atoms with Gasteiger partial charge in [-0.05, 0) is 72.6 Å². The van der Waals surface area contributed by atoms with Crippen LogP contribution in [0, 0.1) is 5.92 Å². The lowest BCUT2D eigenvalue weighted by atomic mass is 9.88. The molecule has 0 unspecified atom stereocenters. The van der Waals surface area contributed by atoms with E-state index in [9.17, 15) is 5.11 Å². The second-order valence-electron chi connectivity index (χ2n) is 7.62. The molecule has 0 aromatic heterocycles. The van der Waals surface area contributed by atoms with E-state index in [0.717, 1.165) is 49.9 Å². The van der Waals surface area contributed by atoms with Crippen molar-refractivity contribution in [2.45, 2.75) is 84.3 Å². The van der Waals surface area contributed by atoms with Crippen molar-refractivity contribution in [2.24, 2.45) is 5.92 Å². The second kappa shape index (κ2) is 10.0. The van der Waals surface area contributed by atoms with Crippen LogP contribution < -0.4 is 0 Å². The molecule has 1 fully saturated rings. The van der Waals surface area contributed by atoms with Crippen molar-refractivity contribution in [1.82, 2.24) is 0 Å². The maximum absolute atomic E-state index is 10.7. The first-order valence-electron chi connectivity index (χ1n) is 9.24. The maximum Gasteiger partial charge on any atom is 0.131 e. The van der Waals surface area contributed by atoms with E-state index < -0.39 is 11.7 Å². The predicted molar refractivity (Wildman–Crippen MR) is 101 cm³/mol. The molecule has 1 aliphatic rings. The minimum atomic E-state index is -0.554. The van der Waals surface area contributed by atoms with Crippen LogP contribution in [0.5, 0.6) is 0 Å². The van der Waals surface area contributed by atoms with Gasteiger partial charge in [0, 0.05) is 5.92 Å². The minimum absolute atomic E-state index is 0.0554. The zero-order valence-electron chi connectivity index (χ0n) is 16.0. The van der Waals surface area contributed by atoms with Gasteiger partial charge >= 0.3 is 0 Å². The minimum Gasteiger partial charge on any atom is -0.490 e. The summed E-state index contributed by atoms with van der Waals surface area (Å²) < 4.78 is 6.19. The second-order valence-corrected chi connectivity index (χ2v) is 7.62. The molecule has 3 heteroatoms. The van der Waals surface area contributed by atoms with E-state index in [0.29, 0.717) is 12.3 Å². The van der Waals surface area contributed by atoms with Gasteiger partial charge in [0.15, 0.2) is 0 Å². The summed E-state index contributed by atoms with van der Waals surface area (Å²) >= 11 is 0. The smallest absolute Gasteiger partial charge is 0.131 e. The summed E-state index contributed by atoms with van der Waals surface area (Å²) in [5.74, 6) is 1.21. The van der Waals surface area contributed by atoms with Crippen molar-refractivity contribution in [3.63, 3.8) is 0 Å². The van der Waals surface area contributed by atoms with Crippen LogP contribution in [0.3, 0.4) is 0 Å². The summed E-state index contributed by atoms with van der Waals surface area (Å²) in [6.45, 7) is 12.5. The molecule has 1 aliphatic heterocycles. The number of aliphatic hydroxyl groups is 2. The van der Waals surface area contributed by atoms with Gasteiger partial charge in [-0.1, -0.05) is 29.9 Å². The quantitative estimate of drug-likeness (QED) is 0.620. The normalized spacial score (nSPS) is 26.5. The fraction of sp³-hybridized carbons (Fsp3) is 0.714. The molecular weight excluding hydrogens is 300 g/mol. The molecule has 1 heterocycles. The Balaban J connectivity index is 2.61. The van der Waals surface area contributed by atoms with Crippen LogP contribution in [-0.4, -0.2) is 28.5 Å². The Morgan fingerprint density at radius 3 is 2.71 bits per heavy atom. The molecule has 1 saturated heterocycles. The van der Waals surface area contributed by atoms with E-state index in [1.165, 1.54) is 5.57 Å². The summed E-state index contributed by atoms with van der Waals surface area (Å²) in [7, 11) is 0. The van der Waals surface area contributed by atoms with Crippen LogP contribution >= 0.6 is 0 Å². The molecule has 2 N–H and O–H groups in total. The third-order valence-corrected chi connectivity index (χ3v) is 5.07. The Morgan fingerprint density at radius 2 is 2.08 bits per heavy atom. The molecule has 3 nitrogen and oxygen atoms in total. The first kappa shape index (κ1) is 21.0. The molecule has 1 rings (SSSR count). The van der Waals surface area contributed by atoms with Gasteiger partial charge in [-0.2, -0.15) is 0 Å². The Hall–Kier alpha value is -1.06. The van der Waals surface area contributed by atoms with Crippen molar-refractivity contribution in [2.75, 3.05) is 6.61 Å². The van der Waals surface area contributed by atoms with Crippen LogP contribution in [0.15, 0.2) is 35.6 Å². The van der Waals surface area contributed by atoms with Crippen LogP contribution in [0.4, 0.5) is 0 Å². The highest BCUT2D eigenvalue weighted by Gasteiger charge is 2.38. The van der Waals surface area contributed by atoms with Crippen molar-refractivity contribution in [3.8, 4) is 0 Å². The van der Waals surface area contributed by atoms with E-state index in [1.54, 1.807) is 6.08 Å². The molecule has 3 atom stereocenters. The van der Waals surface area contributed by atoms with E-state index in [4.69, 9.17) is 9.84 Å². The predicted octanol–water partition coefficient (Wildman–Crippen LogP) is 4.90. The fourth-order valence-corrected chi connectivity index (χ4v) is 3.34. The Labute approximate surface area is 148 Å². The number of hydrogen-bond acceptors (Lipinski definition) is 3. The molecule has 0 saturated carbocycles. The Bertz CT molecular complexity index is 460. The largest absolute Gasteiger partial charge is 0.490 e. The van der Waals surface area contributed by atoms with E-state index in [1.807, 2.05) is 13.8 Å². The van der Waals surface area contributed by atoms with Crippen molar-refractivity contribution < 1.29 is 14.9 Å². The molecule has 0 amide bonds.